The molecule has 0 aliphatic heterocycles. The van der Waals surface area contributed by atoms with E-state index in [9.17, 15) is 10.1 Å². The highest BCUT2D eigenvalue weighted by Crippen LogP contribution is 2.21. The van der Waals surface area contributed by atoms with E-state index in [1.165, 1.54) is 23.3 Å². The Kier molecular flexibility index (Phi) is 5.03. The van der Waals surface area contributed by atoms with Crippen molar-refractivity contribution in [1.29, 1.82) is 0 Å². The van der Waals surface area contributed by atoms with E-state index in [0.717, 1.165) is 22.6 Å². The Balaban J connectivity index is 1.86. The molecule has 27 heavy (non-hydrogen) atoms. The van der Waals surface area contributed by atoms with Crippen LogP contribution in [0.3, 0.4) is 0 Å². The van der Waals surface area contributed by atoms with E-state index in [4.69, 9.17) is 0 Å². The first-order valence-corrected chi connectivity index (χ1v) is 8.54. The lowest BCUT2D eigenvalue weighted by Gasteiger charge is -2.05. The number of hydrogen-bond acceptors (Lipinski definition) is 5. The van der Waals surface area contributed by atoms with Crippen LogP contribution in [0.25, 0.3) is 5.69 Å². The lowest BCUT2D eigenvalue weighted by molar-refractivity contribution is -0.384. The van der Waals surface area contributed by atoms with Gasteiger partial charge in [0.2, 0.25) is 0 Å². The van der Waals surface area contributed by atoms with Gasteiger partial charge in [-0.25, -0.2) is 4.68 Å². The molecule has 7 nitrogen and oxygen atoms in total. The summed E-state index contributed by atoms with van der Waals surface area (Å²) in [4.78, 5) is 10.6. The zero-order valence-corrected chi connectivity index (χ0v) is 15.7. The van der Waals surface area contributed by atoms with Gasteiger partial charge in [0, 0.05) is 17.7 Å². The molecule has 1 aromatic heterocycles. The first kappa shape index (κ1) is 18.3. The minimum atomic E-state index is -0.412. The van der Waals surface area contributed by atoms with Crippen molar-refractivity contribution in [1.82, 2.24) is 9.78 Å². The zero-order chi connectivity index (χ0) is 19.6. The van der Waals surface area contributed by atoms with Gasteiger partial charge in [-0.05, 0) is 57.0 Å². The normalized spacial score (nSPS) is 11.1. The van der Waals surface area contributed by atoms with Gasteiger partial charge in [0.1, 0.15) is 0 Å². The third kappa shape index (κ3) is 3.87. The number of nitrogens with one attached hydrogen (secondary N) is 1. The van der Waals surface area contributed by atoms with Crippen LogP contribution in [-0.4, -0.2) is 20.9 Å². The predicted molar refractivity (Wildman–Crippen MR) is 107 cm³/mol. The van der Waals surface area contributed by atoms with Gasteiger partial charge < -0.3 is 0 Å². The predicted octanol–water partition coefficient (Wildman–Crippen LogP) is 4.46. The van der Waals surface area contributed by atoms with Gasteiger partial charge in [-0.3, -0.25) is 15.5 Å². The van der Waals surface area contributed by atoms with Crippen LogP contribution in [0, 0.1) is 37.8 Å². The number of nitro groups is 1. The van der Waals surface area contributed by atoms with Crippen LogP contribution >= 0.6 is 0 Å². The molecule has 7 heteroatoms. The van der Waals surface area contributed by atoms with E-state index in [-0.39, 0.29) is 5.69 Å². The number of rotatable bonds is 5. The molecule has 0 bridgehead atoms. The maximum atomic E-state index is 11.0. The van der Waals surface area contributed by atoms with Gasteiger partial charge in [0.25, 0.3) is 5.69 Å². The summed E-state index contributed by atoms with van der Waals surface area (Å²) in [5, 5.41) is 19.8. The summed E-state index contributed by atoms with van der Waals surface area (Å²) in [6.45, 7) is 7.92. The average molecular weight is 363 g/mol. The van der Waals surface area contributed by atoms with Gasteiger partial charge in [-0.2, -0.15) is 10.2 Å². The first-order valence-electron chi connectivity index (χ1n) is 8.54. The number of benzene rings is 2. The first-order chi connectivity index (χ1) is 12.9. The van der Waals surface area contributed by atoms with Crippen molar-refractivity contribution in [2.45, 2.75) is 27.7 Å². The lowest BCUT2D eigenvalue weighted by Crippen LogP contribution is -2.00. The second kappa shape index (κ2) is 7.41. The fraction of sp³-hybridized carbons (Fsp3) is 0.200. The molecule has 0 amide bonds. The molecule has 0 saturated carbocycles. The molecule has 0 fully saturated rings. The maximum absolute atomic E-state index is 11.0. The number of aromatic nitrogens is 2. The summed E-state index contributed by atoms with van der Waals surface area (Å²) >= 11 is 0. The molecule has 3 rings (SSSR count). The SMILES string of the molecule is Cc1ccc(N/N=C/c2c(C)nn(-c3cccc([N+](=O)[O-])c3)c2C)cc1C. The van der Waals surface area contributed by atoms with Crippen molar-refractivity contribution in [2.75, 3.05) is 5.43 Å². The van der Waals surface area contributed by atoms with E-state index in [0.29, 0.717) is 5.69 Å². The van der Waals surface area contributed by atoms with Crippen molar-refractivity contribution >= 4 is 17.6 Å². The monoisotopic (exact) mass is 363 g/mol. The topological polar surface area (TPSA) is 85.3 Å². The molecule has 138 valence electrons. The highest BCUT2D eigenvalue weighted by Gasteiger charge is 2.13. The van der Waals surface area contributed by atoms with Gasteiger partial charge in [0.15, 0.2) is 0 Å². The van der Waals surface area contributed by atoms with Crippen molar-refractivity contribution in [3.05, 3.63) is 80.7 Å². The molecule has 3 aromatic rings. The number of hydrazone groups is 1. The Morgan fingerprint density at radius 2 is 1.89 bits per heavy atom. The van der Waals surface area contributed by atoms with Gasteiger partial charge >= 0.3 is 0 Å². The lowest BCUT2D eigenvalue weighted by atomic mass is 10.1. The number of non-ortho nitro benzene ring substituents is 1. The van der Waals surface area contributed by atoms with E-state index in [1.54, 1.807) is 23.0 Å². The number of anilines is 1. The molecule has 0 unspecified atom stereocenters. The second-order valence-corrected chi connectivity index (χ2v) is 6.44. The van der Waals surface area contributed by atoms with Crippen LogP contribution in [0.4, 0.5) is 11.4 Å². The van der Waals surface area contributed by atoms with Gasteiger partial charge in [-0.1, -0.05) is 12.1 Å². The van der Waals surface area contributed by atoms with Crippen LogP contribution in [0.15, 0.2) is 47.6 Å². The number of hydrogen-bond donors (Lipinski definition) is 1. The molecular weight excluding hydrogens is 342 g/mol. The van der Waals surface area contributed by atoms with Crippen LogP contribution in [0.1, 0.15) is 28.1 Å². The minimum Gasteiger partial charge on any atom is -0.278 e. The molecule has 0 radical (unpaired) electrons. The third-order valence-electron chi connectivity index (χ3n) is 4.53. The van der Waals surface area contributed by atoms with Crippen LogP contribution < -0.4 is 5.43 Å². The summed E-state index contributed by atoms with van der Waals surface area (Å²) in [7, 11) is 0. The second-order valence-electron chi connectivity index (χ2n) is 6.44. The van der Waals surface area contributed by atoms with Crippen molar-refractivity contribution in [3.63, 3.8) is 0 Å². The molecule has 0 spiro atoms. The fourth-order valence-corrected chi connectivity index (χ4v) is 2.81. The summed E-state index contributed by atoms with van der Waals surface area (Å²) in [6, 6.07) is 12.5. The Morgan fingerprint density at radius 1 is 1.11 bits per heavy atom. The van der Waals surface area contributed by atoms with Crippen molar-refractivity contribution < 1.29 is 4.92 Å². The highest BCUT2D eigenvalue weighted by molar-refractivity contribution is 5.83. The van der Waals surface area contributed by atoms with Crippen molar-refractivity contribution in [3.8, 4) is 5.69 Å². The van der Waals surface area contributed by atoms with Crippen LogP contribution in [0.5, 0.6) is 0 Å². The zero-order valence-electron chi connectivity index (χ0n) is 15.7. The maximum Gasteiger partial charge on any atom is 0.271 e. The smallest absolute Gasteiger partial charge is 0.271 e. The summed E-state index contributed by atoms with van der Waals surface area (Å²) in [6.07, 6.45) is 1.72. The van der Waals surface area contributed by atoms with E-state index >= 15 is 0 Å². The Hall–Kier alpha value is -3.48. The molecular formula is C20H21N5O2. The minimum absolute atomic E-state index is 0.0340. The highest BCUT2D eigenvalue weighted by atomic mass is 16.6. The number of aryl methyl sites for hydroxylation is 3. The van der Waals surface area contributed by atoms with Gasteiger partial charge in [0.05, 0.1) is 33.9 Å². The molecule has 2 aromatic carbocycles. The molecule has 0 aliphatic rings. The molecule has 0 saturated heterocycles. The summed E-state index contributed by atoms with van der Waals surface area (Å²) in [5.41, 5.74) is 9.58. The number of nitro benzene ring substituents is 1. The molecule has 0 aliphatic carbocycles. The Labute approximate surface area is 157 Å². The summed E-state index contributed by atoms with van der Waals surface area (Å²) < 4.78 is 1.69. The molecule has 1 N–H and O–H groups in total. The standard InChI is InChI=1S/C20H21N5O2/c1-13-8-9-17(10-14(13)2)22-21-12-20-15(3)23-24(16(20)4)18-6-5-7-19(11-18)25(26)27/h5-12,22H,1-4H3/b21-12+. The van der Waals surface area contributed by atoms with Crippen LogP contribution in [0.2, 0.25) is 0 Å². The molecule has 0 atom stereocenters. The molecule has 1 heterocycles. The van der Waals surface area contributed by atoms with E-state index in [2.05, 4.69) is 29.5 Å². The third-order valence-corrected chi connectivity index (χ3v) is 4.53. The van der Waals surface area contributed by atoms with Crippen molar-refractivity contribution in [2.24, 2.45) is 5.10 Å². The number of nitrogens with zero attached hydrogens (tertiary/aromatic N) is 4. The van der Waals surface area contributed by atoms with Gasteiger partial charge in [-0.15, -0.1) is 0 Å². The largest absolute Gasteiger partial charge is 0.278 e. The quantitative estimate of drug-likeness (QED) is 0.412. The fourth-order valence-electron chi connectivity index (χ4n) is 2.81. The Bertz CT molecular complexity index is 1040. The average Bonchev–Trinajstić information content (AvgIpc) is 2.93. The van der Waals surface area contributed by atoms with Crippen LogP contribution in [-0.2, 0) is 0 Å². The summed E-state index contributed by atoms with van der Waals surface area (Å²) in [5.74, 6) is 0. The Morgan fingerprint density at radius 3 is 2.59 bits per heavy atom. The van der Waals surface area contributed by atoms with E-state index < -0.39 is 4.92 Å². The van der Waals surface area contributed by atoms with E-state index in [1.807, 2.05) is 32.0 Å².